The summed E-state index contributed by atoms with van der Waals surface area (Å²) in [4.78, 5) is 0. The van der Waals surface area contributed by atoms with Crippen molar-refractivity contribution in [3.63, 3.8) is 0 Å². The van der Waals surface area contributed by atoms with Crippen molar-refractivity contribution >= 4 is 0 Å². The van der Waals surface area contributed by atoms with Crippen LogP contribution < -0.4 is 5.32 Å². The molecule has 1 N–H and O–H groups in total. The molecule has 2 rings (SSSR count). The van der Waals surface area contributed by atoms with E-state index in [1.165, 1.54) is 16.7 Å². The molecule has 0 amide bonds. The zero-order valence-corrected chi connectivity index (χ0v) is 12.8. The Hall–Kier alpha value is -1.61. The third-order valence-electron chi connectivity index (χ3n) is 3.59. The molecule has 2 aromatic rings. The largest absolute Gasteiger partial charge is 0.306 e. The van der Waals surface area contributed by atoms with Crippen LogP contribution in [-0.4, -0.2) is 16.3 Å². The highest BCUT2D eigenvalue weighted by Crippen LogP contribution is 2.25. The van der Waals surface area contributed by atoms with E-state index in [-0.39, 0.29) is 6.04 Å². The summed E-state index contributed by atoms with van der Waals surface area (Å²) < 4.78 is 2.04. The topological polar surface area (TPSA) is 29.9 Å². The average molecular weight is 271 g/mol. The lowest BCUT2D eigenvalue weighted by Gasteiger charge is -2.20. The Morgan fingerprint density at radius 1 is 1.20 bits per heavy atom. The molecule has 0 fully saturated rings. The van der Waals surface area contributed by atoms with Crippen LogP contribution in [0, 0.1) is 0 Å². The van der Waals surface area contributed by atoms with Crippen LogP contribution in [0.15, 0.2) is 36.7 Å². The second kappa shape index (κ2) is 7.25. The number of aryl methyl sites for hydroxylation is 2. The molecule has 0 aliphatic rings. The minimum absolute atomic E-state index is 0.238. The van der Waals surface area contributed by atoms with Crippen LogP contribution in [0.4, 0.5) is 0 Å². The minimum atomic E-state index is 0.238. The van der Waals surface area contributed by atoms with Gasteiger partial charge in [0.05, 0.1) is 12.2 Å². The van der Waals surface area contributed by atoms with Gasteiger partial charge >= 0.3 is 0 Å². The van der Waals surface area contributed by atoms with E-state index in [9.17, 15) is 0 Å². The molecule has 1 aromatic heterocycles. The summed E-state index contributed by atoms with van der Waals surface area (Å²) in [5, 5.41) is 8.06. The molecule has 1 atom stereocenters. The number of hydrogen-bond acceptors (Lipinski definition) is 2. The highest BCUT2D eigenvalue weighted by Gasteiger charge is 2.17. The van der Waals surface area contributed by atoms with E-state index in [4.69, 9.17) is 0 Å². The van der Waals surface area contributed by atoms with E-state index < -0.39 is 0 Å². The Kier molecular flexibility index (Phi) is 5.36. The first-order valence-electron chi connectivity index (χ1n) is 7.63. The summed E-state index contributed by atoms with van der Waals surface area (Å²) in [6.07, 6.45) is 6.33. The predicted molar refractivity (Wildman–Crippen MR) is 83.9 cm³/mol. The molecule has 1 aromatic carbocycles. The van der Waals surface area contributed by atoms with Crippen LogP contribution in [0.3, 0.4) is 0 Å². The maximum Gasteiger partial charge on any atom is 0.0610 e. The Labute approximate surface area is 122 Å². The molecule has 1 heterocycles. The van der Waals surface area contributed by atoms with Crippen molar-refractivity contribution in [2.75, 3.05) is 6.54 Å². The number of hydrogen-bond donors (Lipinski definition) is 1. The van der Waals surface area contributed by atoms with Crippen molar-refractivity contribution in [3.8, 4) is 0 Å². The van der Waals surface area contributed by atoms with Gasteiger partial charge in [0, 0.05) is 18.3 Å². The molecule has 108 valence electrons. The van der Waals surface area contributed by atoms with Gasteiger partial charge < -0.3 is 5.32 Å². The normalized spacial score (nSPS) is 12.6. The first kappa shape index (κ1) is 14.8. The first-order valence-corrected chi connectivity index (χ1v) is 7.63. The summed E-state index contributed by atoms with van der Waals surface area (Å²) >= 11 is 0. The van der Waals surface area contributed by atoms with Gasteiger partial charge in [-0.05, 0) is 30.5 Å². The van der Waals surface area contributed by atoms with Crippen LogP contribution in [0.25, 0.3) is 0 Å². The third kappa shape index (κ3) is 3.28. The van der Waals surface area contributed by atoms with Gasteiger partial charge in [-0.2, -0.15) is 5.10 Å². The van der Waals surface area contributed by atoms with Crippen LogP contribution >= 0.6 is 0 Å². The summed E-state index contributed by atoms with van der Waals surface area (Å²) in [6, 6.07) is 8.92. The summed E-state index contributed by atoms with van der Waals surface area (Å²) in [7, 11) is 0. The maximum absolute atomic E-state index is 4.47. The molecular formula is C17H25N3. The van der Waals surface area contributed by atoms with E-state index in [0.717, 1.165) is 25.9 Å². The zero-order chi connectivity index (χ0) is 14.4. The number of nitrogens with zero attached hydrogens (tertiary/aromatic N) is 2. The van der Waals surface area contributed by atoms with Crippen molar-refractivity contribution in [2.24, 2.45) is 0 Å². The van der Waals surface area contributed by atoms with Gasteiger partial charge in [-0.1, -0.05) is 45.0 Å². The lowest BCUT2D eigenvalue weighted by atomic mass is 9.95. The van der Waals surface area contributed by atoms with Gasteiger partial charge in [0.15, 0.2) is 0 Å². The second-order valence-corrected chi connectivity index (χ2v) is 5.08. The fourth-order valence-corrected chi connectivity index (χ4v) is 2.63. The van der Waals surface area contributed by atoms with E-state index in [2.05, 4.69) is 61.6 Å². The van der Waals surface area contributed by atoms with Crippen LogP contribution in [0.1, 0.15) is 49.9 Å². The fourth-order valence-electron chi connectivity index (χ4n) is 2.63. The number of aromatic nitrogens is 2. The molecule has 3 heteroatoms. The molecule has 0 aliphatic heterocycles. The van der Waals surface area contributed by atoms with Crippen LogP contribution in [-0.2, 0) is 13.0 Å². The van der Waals surface area contributed by atoms with Crippen LogP contribution in [0.5, 0.6) is 0 Å². The van der Waals surface area contributed by atoms with Crippen molar-refractivity contribution in [1.29, 1.82) is 0 Å². The molecule has 20 heavy (non-hydrogen) atoms. The van der Waals surface area contributed by atoms with E-state index >= 15 is 0 Å². The fraction of sp³-hybridized carbons (Fsp3) is 0.471. The summed E-state index contributed by atoms with van der Waals surface area (Å²) in [6.45, 7) is 8.46. The smallest absolute Gasteiger partial charge is 0.0610 e. The van der Waals surface area contributed by atoms with E-state index in [1.807, 2.05) is 10.9 Å². The Morgan fingerprint density at radius 2 is 2.00 bits per heavy atom. The molecule has 0 saturated heterocycles. The number of nitrogens with one attached hydrogen (secondary N) is 1. The highest BCUT2D eigenvalue weighted by atomic mass is 15.3. The number of rotatable bonds is 7. The Morgan fingerprint density at radius 3 is 2.70 bits per heavy atom. The molecule has 0 aliphatic carbocycles. The molecular weight excluding hydrogens is 246 g/mol. The standard InChI is InChI=1S/C17H25N3/c1-4-11-20-13-15(12-19-20)17(18-6-3)16-10-8-7-9-14(16)5-2/h7-10,12-13,17-18H,4-6,11H2,1-3H3. The summed E-state index contributed by atoms with van der Waals surface area (Å²) in [5.74, 6) is 0. The van der Waals surface area contributed by atoms with Gasteiger partial charge in [-0.3, -0.25) is 4.68 Å². The quantitative estimate of drug-likeness (QED) is 0.834. The first-order chi connectivity index (χ1) is 9.80. The maximum atomic E-state index is 4.47. The van der Waals surface area contributed by atoms with Crippen LogP contribution in [0.2, 0.25) is 0 Å². The number of benzene rings is 1. The summed E-state index contributed by atoms with van der Waals surface area (Å²) in [5.41, 5.74) is 4.02. The minimum Gasteiger partial charge on any atom is -0.306 e. The van der Waals surface area contributed by atoms with Gasteiger partial charge in [0.1, 0.15) is 0 Å². The lowest BCUT2D eigenvalue weighted by Crippen LogP contribution is -2.22. The van der Waals surface area contributed by atoms with Gasteiger partial charge in [0.2, 0.25) is 0 Å². The SMILES string of the molecule is CCCn1cc(C(NCC)c2ccccc2CC)cn1. The highest BCUT2D eigenvalue weighted by molar-refractivity contribution is 5.36. The average Bonchev–Trinajstić information content (AvgIpc) is 2.93. The molecule has 0 spiro atoms. The lowest BCUT2D eigenvalue weighted by molar-refractivity contribution is 0.596. The monoisotopic (exact) mass is 271 g/mol. The van der Waals surface area contributed by atoms with Crippen molar-refractivity contribution in [2.45, 2.75) is 46.2 Å². The zero-order valence-electron chi connectivity index (χ0n) is 12.8. The van der Waals surface area contributed by atoms with Crippen molar-refractivity contribution in [3.05, 3.63) is 53.3 Å². The molecule has 0 saturated carbocycles. The third-order valence-corrected chi connectivity index (χ3v) is 3.59. The second-order valence-electron chi connectivity index (χ2n) is 5.08. The van der Waals surface area contributed by atoms with E-state index in [0.29, 0.717) is 0 Å². The van der Waals surface area contributed by atoms with E-state index in [1.54, 1.807) is 0 Å². The molecule has 0 radical (unpaired) electrons. The van der Waals surface area contributed by atoms with Crippen molar-refractivity contribution in [1.82, 2.24) is 15.1 Å². The van der Waals surface area contributed by atoms with Crippen molar-refractivity contribution < 1.29 is 0 Å². The molecule has 3 nitrogen and oxygen atoms in total. The molecule has 0 bridgehead atoms. The predicted octanol–water partition coefficient (Wildman–Crippen LogP) is 3.55. The molecule has 1 unspecified atom stereocenters. The van der Waals surface area contributed by atoms with Gasteiger partial charge in [0.25, 0.3) is 0 Å². The Balaban J connectivity index is 2.34. The van der Waals surface area contributed by atoms with Gasteiger partial charge in [-0.15, -0.1) is 0 Å². The Bertz CT molecular complexity index is 531. The van der Waals surface area contributed by atoms with Gasteiger partial charge in [-0.25, -0.2) is 0 Å².